The van der Waals surface area contributed by atoms with Gasteiger partial charge in [0.1, 0.15) is 9.84 Å². The van der Waals surface area contributed by atoms with E-state index in [9.17, 15) is 8.42 Å². The highest BCUT2D eigenvalue weighted by Crippen LogP contribution is 2.16. The van der Waals surface area contributed by atoms with Crippen LogP contribution in [-0.2, 0) is 14.6 Å². The van der Waals surface area contributed by atoms with Crippen LogP contribution in [0, 0.1) is 5.92 Å². The van der Waals surface area contributed by atoms with Gasteiger partial charge in [-0.25, -0.2) is 8.42 Å². The molecule has 1 aliphatic heterocycles. The van der Waals surface area contributed by atoms with Gasteiger partial charge >= 0.3 is 0 Å². The van der Waals surface area contributed by atoms with Crippen LogP contribution in [0.25, 0.3) is 0 Å². The SMILES string of the molecule is CS(=O)(=O)CC(N)C1CCCOC1. The number of hydrogen-bond acceptors (Lipinski definition) is 4. The molecule has 1 rings (SSSR count). The van der Waals surface area contributed by atoms with Gasteiger partial charge in [-0.15, -0.1) is 0 Å². The summed E-state index contributed by atoms with van der Waals surface area (Å²) >= 11 is 0. The van der Waals surface area contributed by atoms with Crippen LogP contribution in [0.3, 0.4) is 0 Å². The summed E-state index contributed by atoms with van der Waals surface area (Å²) in [4.78, 5) is 0. The first kappa shape index (κ1) is 10.9. The average Bonchev–Trinajstić information content (AvgIpc) is 2.03. The van der Waals surface area contributed by atoms with E-state index in [1.807, 2.05) is 0 Å². The monoisotopic (exact) mass is 207 g/mol. The van der Waals surface area contributed by atoms with Crippen LogP contribution < -0.4 is 5.73 Å². The molecule has 0 aliphatic carbocycles. The molecule has 2 unspecified atom stereocenters. The summed E-state index contributed by atoms with van der Waals surface area (Å²) in [5, 5.41) is 0. The molecule has 0 aromatic rings. The van der Waals surface area contributed by atoms with Gasteiger partial charge in [-0.05, 0) is 18.8 Å². The van der Waals surface area contributed by atoms with Gasteiger partial charge in [0.25, 0.3) is 0 Å². The maximum Gasteiger partial charge on any atom is 0.148 e. The summed E-state index contributed by atoms with van der Waals surface area (Å²) in [6.45, 7) is 1.39. The smallest absolute Gasteiger partial charge is 0.148 e. The lowest BCUT2D eigenvalue weighted by atomic mass is 9.96. The number of hydrogen-bond donors (Lipinski definition) is 1. The first-order valence-corrected chi connectivity index (χ1v) is 6.56. The molecule has 0 radical (unpaired) electrons. The van der Waals surface area contributed by atoms with Crippen molar-refractivity contribution in [3.05, 3.63) is 0 Å². The fraction of sp³-hybridized carbons (Fsp3) is 1.00. The second-order valence-electron chi connectivity index (χ2n) is 3.73. The molecule has 78 valence electrons. The Morgan fingerprint density at radius 2 is 2.31 bits per heavy atom. The van der Waals surface area contributed by atoms with Crippen LogP contribution in [-0.4, -0.2) is 39.7 Å². The largest absolute Gasteiger partial charge is 0.381 e. The number of ether oxygens (including phenoxy) is 1. The molecule has 0 bridgehead atoms. The fourth-order valence-corrected chi connectivity index (χ4v) is 2.56. The second-order valence-corrected chi connectivity index (χ2v) is 5.92. The van der Waals surface area contributed by atoms with Crippen LogP contribution in [0.1, 0.15) is 12.8 Å². The molecule has 0 spiro atoms. The maximum atomic E-state index is 11.0. The summed E-state index contributed by atoms with van der Waals surface area (Å²) < 4.78 is 27.2. The van der Waals surface area contributed by atoms with E-state index in [0.717, 1.165) is 19.4 Å². The Balaban J connectivity index is 2.42. The van der Waals surface area contributed by atoms with Crippen molar-refractivity contribution in [1.82, 2.24) is 0 Å². The predicted molar refractivity (Wildman–Crippen MR) is 51.2 cm³/mol. The van der Waals surface area contributed by atoms with E-state index in [4.69, 9.17) is 10.5 Å². The van der Waals surface area contributed by atoms with Gasteiger partial charge in [-0.3, -0.25) is 0 Å². The summed E-state index contributed by atoms with van der Waals surface area (Å²) in [5.74, 6) is 0.282. The van der Waals surface area contributed by atoms with Gasteiger partial charge < -0.3 is 10.5 Å². The van der Waals surface area contributed by atoms with Gasteiger partial charge in [0.05, 0.1) is 12.4 Å². The van der Waals surface area contributed by atoms with Crippen molar-refractivity contribution in [3.8, 4) is 0 Å². The number of nitrogens with two attached hydrogens (primary N) is 1. The molecular weight excluding hydrogens is 190 g/mol. The third-order valence-electron chi connectivity index (χ3n) is 2.30. The molecule has 4 nitrogen and oxygen atoms in total. The molecule has 1 aliphatic rings. The first-order chi connectivity index (χ1) is 5.99. The highest BCUT2D eigenvalue weighted by Gasteiger charge is 2.23. The highest BCUT2D eigenvalue weighted by molar-refractivity contribution is 7.90. The molecule has 5 heteroatoms. The van der Waals surface area contributed by atoms with E-state index < -0.39 is 9.84 Å². The Morgan fingerprint density at radius 3 is 2.77 bits per heavy atom. The van der Waals surface area contributed by atoms with E-state index in [2.05, 4.69) is 0 Å². The average molecular weight is 207 g/mol. The zero-order valence-corrected chi connectivity index (χ0v) is 8.72. The lowest BCUT2D eigenvalue weighted by Gasteiger charge is -2.26. The molecule has 0 aromatic carbocycles. The Hall–Kier alpha value is -0.130. The molecule has 13 heavy (non-hydrogen) atoms. The van der Waals surface area contributed by atoms with Gasteiger partial charge in [-0.1, -0.05) is 0 Å². The van der Waals surface area contributed by atoms with Crippen molar-refractivity contribution in [2.75, 3.05) is 25.2 Å². The fourth-order valence-electron chi connectivity index (χ4n) is 1.59. The zero-order valence-electron chi connectivity index (χ0n) is 7.90. The van der Waals surface area contributed by atoms with E-state index in [-0.39, 0.29) is 17.7 Å². The van der Waals surface area contributed by atoms with Gasteiger partial charge in [0.15, 0.2) is 0 Å². The van der Waals surface area contributed by atoms with E-state index in [1.165, 1.54) is 6.26 Å². The summed E-state index contributed by atoms with van der Waals surface area (Å²) in [6.07, 6.45) is 3.19. The quantitative estimate of drug-likeness (QED) is 0.695. The Kier molecular flexibility index (Phi) is 3.70. The Bertz CT molecular complexity index is 244. The standard InChI is InChI=1S/C8H17NO3S/c1-13(10,11)6-8(9)7-3-2-4-12-5-7/h7-8H,2-6,9H2,1H3. The van der Waals surface area contributed by atoms with Gasteiger partial charge in [0, 0.05) is 18.9 Å². The van der Waals surface area contributed by atoms with Crippen LogP contribution >= 0.6 is 0 Å². The van der Waals surface area contributed by atoms with E-state index in [1.54, 1.807) is 0 Å². The number of sulfone groups is 1. The molecule has 2 atom stereocenters. The lowest BCUT2D eigenvalue weighted by molar-refractivity contribution is 0.0476. The second kappa shape index (κ2) is 4.39. The van der Waals surface area contributed by atoms with Crippen molar-refractivity contribution in [2.24, 2.45) is 11.7 Å². The summed E-state index contributed by atoms with van der Waals surface area (Å²) in [5.41, 5.74) is 5.78. The third-order valence-corrected chi connectivity index (χ3v) is 3.29. The Labute approximate surface area is 79.4 Å². The molecule has 0 saturated carbocycles. The third kappa shape index (κ3) is 4.06. The molecule has 1 heterocycles. The molecule has 1 fully saturated rings. The van der Waals surface area contributed by atoms with Crippen molar-refractivity contribution in [1.29, 1.82) is 0 Å². The maximum absolute atomic E-state index is 11.0. The normalized spacial score (nSPS) is 27.1. The zero-order chi connectivity index (χ0) is 9.90. The van der Waals surface area contributed by atoms with E-state index >= 15 is 0 Å². The van der Waals surface area contributed by atoms with Crippen LogP contribution in [0.15, 0.2) is 0 Å². The molecule has 1 saturated heterocycles. The molecule has 0 aromatic heterocycles. The van der Waals surface area contributed by atoms with Crippen molar-refractivity contribution < 1.29 is 13.2 Å². The van der Waals surface area contributed by atoms with Crippen molar-refractivity contribution in [2.45, 2.75) is 18.9 Å². The minimum absolute atomic E-state index is 0.0705. The van der Waals surface area contributed by atoms with Gasteiger partial charge in [-0.2, -0.15) is 0 Å². The number of rotatable bonds is 3. The van der Waals surface area contributed by atoms with Crippen LogP contribution in [0.5, 0.6) is 0 Å². The summed E-state index contributed by atoms with van der Waals surface area (Å²) in [6, 6.07) is -0.268. The molecule has 2 N–H and O–H groups in total. The minimum Gasteiger partial charge on any atom is -0.381 e. The van der Waals surface area contributed by atoms with Gasteiger partial charge in [0.2, 0.25) is 0 Å². The first-order valence-electron chi connectivity index (χ1n) is 4.50. The lowest BCUT2D eigenvalue weighted by Crippen LogP contribution is -2.40. The molecule has 0 amide bonds. The summed E-state index contributed by atoms with van der Waals surface area (Å²) in [7, 11) is -2.95. The van der Waals surface area contributed by atoms with Crippen LogP contribution in [0.2, 0.25) is 0 Å². The molecular formula is C8H17NO3S. The Morgan fingerprint density at radius 1 is 1.62 bits per heavy atom. The van der Waals surface area contributed by atoms with E-state index in [0.29, 0.717) is 6.61 Å². The highest BCUT2D eigenvalue weighted by atomic mass is 32.2. The van der Waals surface area contributed by atoms with Crippen molar-refractivity contribution >= 4 is 9.84 Å². The minimum atomic E-state index is -2.95. The predicted octanol–water partition coefficient (Wildman–Crippen LogP) is -0.215. The topological polar surface area (TPSA) is 69.4 Å². The van der Waals surface area contributed by atoms with Crippen molar-refractivity contribution in [3.63, 3.8) is 0 Å². The van der Waals surface area contributed by atoms with Crippen LogP contribution in [0.4, 0.5) is 0 Å².